The molecule has 3 aromatic carbocycles. The minimum absolute atomic E-state index is 0.0804. The van der Waals surface area contributed by atoms with Gasteiger partial charge >= 0.3 is 0 Å². The number of hydrogen-bond donors (Lipinski definition) is 1. The number of nitrogens with one attached hydrogen (secondary N) is 1. The zero-order valence-electron chi connectivity index (χ0n) is 22.2. The number of anilines is 2. The van der Waals surface area contributed by atoms with E-state index in [4.69, 9.17) is 9.16 Å². The average molecular weight is 526 g/mol. The van der Waals surface area contributed by atoms with Crippen molar-refractivity contribution in [2.24, 2.45) is 5.92 Å². The van der Waals surface area contributed by atoms with E-state index in [2.05, 4.69) is 51.0 Å². The van der Waals surface area contributed by atoms with Gasteiger partial charge in [0.05, 0.1) is 11.3 Å². The maximum atomic E-state index is 14.6. The van der Waals surface area contributed by atoms with E-state index in [0.717, 1.165) is 17.7 Å². The molecule has 3 rings (SSSR count). The monoisotopic (exact) mass is 525 g/mol. The van der Waals surface area contributed by atoms with Gasteiger partial charge in [0.15, 0.2) is 20.0 Å². The van der Waals surface area contributed by atoms with E-state index < -0.39 is 25.8 Å². The fourth-order valence-electron chi connectivity index (χ4n) is 3.17. The van der Waals surface area contributed by atoms with E-state index in [1.807, 2.05) is 37.3 Å². The molecule has 0 aliphatic heterocycles. The smallest absolute Gasteiger partial charge is 0.192 e. The molecular weight excluding hydrogens is 491 g/mol. The van der Waals surface area contributed by atoms with Crippen molar-refractivity contribution in [1.29, 1.82) is 0 Å². The molecule has 37 heavy (non-hydrogen) atoms. The third-order valence-electron chi connectivity index (χ3n) is 6.45. The van der Waals surface area contributed by atoms with Crippen LogP contribution in [0.25, 0.3) is 0 Å². The Morgan fingerprint density at radius 2 is 1.65 bits per heavy atom. The van der Waals surface area contributed by atoms with Gasteiger partial charge in [-0.05, 0) is 48.8 Å². The third kappa shape index (κ3) is 7.88. The first-order valence-electron chi connectivity index (χ1n) is 12.2. The van der Waals surface area contributed by atoms with Crippen molar-refractivity contribution in [2.75, 3.05) is 11.9 Å². The Bertz CT molecular complexity index is 1280. The Balaban J connectivity index is 1.93. The predicted molar refractivity (Wildman–Crippen MR) is 146 cm³/mol. The van der Waals surface area contributed by atoms with Crippen LogP contribution < -0.4 is 10.1 Å². The predicted octanol–water partition coefficient (Wildman–Crippen LogP) is 8.44. The van der Waals surface area contributed by atoms with Crippen LogP contribution in [-0.4, -0.2) is 14.9 Å². The van der Waals surface area contributed by atoms with E-state index in [9.17, 15) is 13.2 Å². The Morgan fingerprint density at radius 3 is 2.30 bits per heavy atom. The van der Waals surface area contributed by atoms with Crippen molar-refractivity contribution < 1.29 is 22.3 Å². The summed E-state index contributed by atoms with van der Waals surface area (Å²) in [7, 11) is -1.94. The topological polar surface area (TPSA) is 30.5 Å². The second kappa shape index (κ2) is 11.9. The minimum atomic E-state index is -1.94. The molecule has 0 amide bonds. The van der Waals surface area contributed by atoms with Crippen molar-refractivity contribution >= 4 is 19.7 Å². The van der Waals surface area contributed by atoms with Gasteiger partial charge in [-0.25, -0.2) is 13.2 Å². The Labute approximate surface area is 219 Å². The lowest BCUT2D eigenvalue weighted by molar-refractivity contribution is 0.263. The van der Waals surface area contributed by atoms with E-state index in [1.165, 1.54) is 18.2 Å². The Hall–Kier alpha value is -3.21. The Kier molecular flexibility index (Phi) is 9.11. The highest BCUT2D eigenvalue weighted by atomic mass is 28.4. The van der Waals surface area contributed by atoms with Crippen molar-refractivity contribution in [3.63, 3.8) is 0 Å². The molecule has 0 heterocycles. The first-order chi connectivity index (χ1) is 17.4. The molecule has 0 saturated heterocycles. The summed E-state index contributed by atoms with van der Waals surface area (Å²) in [6.45, 7) is 13.6. The maximum Gasteiger partial charge on any atom is 0.192 e. The highest BCUT2D eigenvalue weighted by Crippen LogP contribution is 2.37. The van der Waals surface area contributed by atoms with Crippen LogP contribution in [0.5, 0.6) is 5.75 Å². The number of hydrogen-bond acceptors (Lipinski definition) is 3. The lowest BCUT2D eigenvalue weighted by Crippen LogP contribution is -2.41. The molecular formula is C30H34F3NO2Si. The lowest BCUT2D eigenvalue weighted by atomic mass is 10.1. The van der Waals surface area contributed by atoms with Gasteiger partial charge in [0.25, 0.3) is 0 Å². The van der Waals surface area contributed by atoms with E-state index in [0.29, 0.717) is 17.9 Å². The molecule has 0 aliphatic rings. The molecule has 0 saturated carbocycles. The van der Waals surface area contributed by atoms with Gasteiger partial charge in [-0.3, -0.25) is 0 Å². The van der Waals surface area contributed by atoms with Crippen LogP contribution in [0.4, 0.5) is 24.5 Å². The summed E-state index contributed by atoms with van der Waals surface area (Å²) in [5, 5.41) is 3.05. The van der Waals surface area contributed by atoms with Gasteiger partial charge in [-0.1, -0.05) is 62.9 Å². The van der Waals surface area contributed by atoms with Crippen LogP contribution in [0.2, 0.25) is 18.1 Å². The van der Waals surface area contributed by atoms with E-state index in [1.54, 1.807) is 0 Å². The van der Waals surface area contributed by atoms with Crippen molar-refractivity contribution in [3.8, 4) is 17.6 Å². The molecule has 7 heteroatoms. The molecule has 3 nitrogen and oxygen atoms in total. The van der Waals surface area contributed by atoms with Crippen LogP contribution >= 0.6 is 0 Å². The lowest BCUT2D eigenvalue weighted by Gasteiger charge is -2.36. The van der Waals surface area contributed by atoms with Crippen LogP contribution in [-0.2, 0) is 11.0 Å². The summed E-state index contributed by atoms with van der Waals surface area (Å²) in [4.78, 5) is 0. The summed E-state index contributed by atoms with van der Waals surface area (Å²) < 4.78 is 54.1. The number of ether oxygens (including phenoxy) is 1. The fourth-order valence-corrected chi connectivity index (χ4v) is 4.27. The average Bonchev–Trinajstić information content (AvgIpc) is 2.83. The molecule has 3 aromatic rings. The summed E-state index contributed by atoms with van der Waals surface area (Å²) in [5.74, 6) is 3.96. The second-order valence-corrected chi connectivity index (χ2v) is 15.4. The van der Waals surface area contributed by atoms with Crippen LogP contribution in [0.15, 0.2) is 60.7 Å². The molecule has 0 aromatic heterocycles. The second-order valence-electron chi connectivity index (χ2n) is 10.6. The molecule has 1 unspecified atom stereocenters. The van der Waals surface area contributed by atoms with Gasteiger partial charge in [0.2, 0.25) is 0 Å². The first-order valence-corrected chi connectivity index (χ1v) is 15.1. The molecule has 0 radical (unpaired) electrons. The molecule has 0 bridgehead atoms. The first kappa shape index (κ1) is 28.4. The molecule has 1 atom stereocenters. The maximum absolute atomic E-state index is 14.6. The molecule has 0 aliphatic carbocycles. The number of halogens is 3. The van der Waals surface area contributed by atoms with E-state index >= 15 is 0 Å². The fraction of sp³-hybridized carbons (Fsp3) is 0.333. The zero-order valence-corrected chi connectivity index (χ0v) is 23.2. The van der Waals surface area contributed by atoms with Gasteiger partial charge in [0.1, 0.15) is 18.2 Å². The van der Waals surface area contributed by atoms with Crippen LogP contribution in [0.3, 0.4) is 0 Å². The normalized spacial score (nSPS) is 12.5. The molecule has 1 N–H and O–H groups in total. The largest absolute Gasteiger partial charge is 0.487 e. The Morgan fingerprint density at radius 1 is 0.946 bits per heavy atom. The summed E-state index contributed by atoms with van der Waals surface area (Å²) >= 11 is 0. The summed E-state index contributed by atoms with van der Waals surface area (Å²) in [6.07, 6.45) is 0. The zero-order chi connectivity index (χ0) is 27.2. The van der Waals surface area contributed by atoms with Gasteiger partial charge < -0.3 is 14.5 Å². The number of rotatable bonds is 8. The molecule has 196 valence electrons. The SMILES string of the molecule is CC(C#Cc1c(Nc2ccc(F)c(F)c2)cc(F)cc1OCc1ccccc1)CO[Si](C)(C)C(C)(C)C. The summed E-state index contributed by atoms with van der Waals surface area (Å²) in [5.41, 5.74) is 1.88. The van der Waals surface area contributed by atoms with Crippen LogP contribution in [0.1, 0.15) is 38.8 Å². The number of benzene rings is 3. The quantitative estimate of drug-likeness (QED) is 0.236. The molecule has 0 spiro atoms. The van der Waals surface area contributed by atoms with E-state index in [-0.39, 0.29) is 29.0 Å². The van der Waals surface area contributed by atoms with Gasteiger partial charge in [-0.15, -0.1) is 0 Å². The highest BCUT2D eigenvalue weighted by molar-refractivity contribution is 6.74. The van der Waals surface area contributed by atoms with Crippen molar-refractivity contribution in [3.05, 3.63) is 89.2 Å². The highest BCUT2D eigenvalue weighted by Gasteiger charge is 2.37. The standard InChI is InChI=1S/C30H34F3NO2Si/c1-21(19-36-37(5,6)30(2,3)4)12-14-25-28(34-24-13-15-26(32)27(33)18-24)16-23(31)17-29(25)35-20-22-10-8-7-9-11-22/h7-11,13,15-18,21,34H,19-20H2,1-6H3. The van der Waals surface area contributed by atoms with Crippen molar-refractivity contribution in [2.45, 2.75) is 52.4 Å². The van der Waals surface area contributed by atoms with Crippen LogP contribution in [0, 0.1) is 35.2 Å². The summed E-state index contributed by atoms with van der Waals surface area (Å²) in [6, 6.07) is 15.4. The van der Waals surface area contributed by atoms with Gasteiger partial charge in [0, 0.05) is 30.3 Å². The minimum Gasteiger partial charge on any atom is -0.487 e. The molecule has 0 fully saturated rings. The van der Waals surface area contributed by atoms with Crippen molar-refractivity contribution in [1.82, 2.24) is 0 Å². The van der Waals surface area contributed by atoms with Gasteiger partial charge in [-0.2, -0.15) is 0 Å². The third-order valence-corrected chi connectivity index (χ3v) is 10.9.